The molecule has 0 unspecified atom stereocenters. The second kappa shape index (κ2) is 9.03. The molecule has 136 valence electrons. The monoisotopic (exact) mass is 345 g/mol. The molecule has 0 bridgehead atoms. The summed E-state index contributed by atoms with van der Waals surface area (Å²) in [6, 6.07) is 6.45. The van der Waals surface area contributed by atoms with E-state index in [1.54, 1.807) is 26.0 Å². The summed E-state index contributed by atoms with van der Waals surface area (Å²) in [5.41, 5.74) is 1.71. The number of rotatable bonds is 8. The van der Waals surface area contributed by atoms with Crippen LogP contribution in [-0.2, 0) is 11.2 Å². The average Bonchev–Trinajstić information content (AvgIpc) is 2.45. The highest BCUT2D eigenvalue weighted by atomic mass is 19.4. The highest BCUT2D eigenvalue weighted by Crippen LogP contribution is 2.15. The molecule has 0 saturated heterocycles. The molecule has 1 amide bonds. The number of amides is 1. The minimum atomic E-state index is -4.35. The number of hydrogen-bond donors (Lipinski definition) is 2. The molecule has 7 heteroatoms. The van der Waals surface area contributed by atoms with Crippen molar-refractivity contribution in [2.24, 2.45) is 5.92 Å². The van der Waals surface area contributed by atoms with Crippen LogP contribution in [0.5, 0.6) is 0 Å². The van der Waals surface area contributed by atoms with Crippen molar-refractivity contribution in [2.45, 2.75) is 32.5 Å². The van der Waals surface area contributed by atoms with Crippen LogP contribution in [0, 0.1) is 5.92 Å². The zero-order valence-electron chi connectivity index (χ0n) is 14.6. The predicted molar refractivity (Wildman–Crippen MR) is 90.0 cm³/mol. The van der Waals surface area contributed by atoms with Gasteiger partial charge in [0.2, 0.25) is 5.91 Å². The highest BCUT2D eigenvalue weighted by molar-refractivity contribution is 5.95. The van der Waals surface area contributed by atoms with Crippen molar-refractivity contribution in [1.82, 2.24) is 10.2 Å². The summed E-state index contributed by atoms with van der Waals surface area (Å²) >= 11 is 0. The van der Waals surface area contributed by atoms with Crippen LogP contribution in [0.3, 0.4) is 0 Å². The quantitative estimate of drug-likeness (QED) is 0.761. The summed E-state index contributed by atoms with van der Waals surface area (Å²) in [4.78, 5) is 14.3. The Bertz CT molecular complexity index is 513. The molecule has 4 nitrogen and oxygen atoms in total. The number of benzene rings is 1. The smallest absolute Gasteiger partial charge is 0.325 e. The van der Waals surface area contributed by atoms with Crippen molar-refractivity contribution >= 4 is 11.6 Å². The third-order valence-corrected chi connectivity index (χ3v) is 3.54. The van der Waals surface area contributed by atoms with Gasteiger partial charge in [-0.3, -0.25) is 10.1 Å². The molecule has 0 heterocycles. The summed E-state index contributed by atoms with van der Waals surface area (Å²) in [5, 5.41) is 4.95. The van der Waals surface area contributed by atoms with Crippen LogP contribution in [0.25, 0.3) is 0 Å². The van der Waals surface area contributed by atoms with E-state index in [4.69, 9.17) is 0 Å². The van der Waals surface area contributed by atoms with Gasteiger partial charge in [0.25, 0.3) is 0 Å². The van der Waals surface area contributed by atoms with Crippen molar-refractivity contribution in [1.29, 1.82) is 0 Å². The first-order chi connectivity index (χ1) is 11.1. The molecular weight excluding hydrogens is 319 g/mol. The standard InChI is InChI=1S/C17H26F3N3O/c1-12(2)15(21-11-17(18,19)20)16(24)22-14-7-5-13(6-8-14)9-10-23(3)4/h5-8,12,15,21H,9-11H2,1-4H3,(H,22,24)/t15-/m0/s1. The van der Waals surface area contributed by atoms with Gasteiger partial charge < -0.3 is 10.2 Å². The molecule has 1 rings (SSSR count). The number of likely N-dealkylation sites (N-methyl/N-ethyl adjacent to an activating group) is 1. The van der Waals surface area contributed by atoms with Gasteiger partial charge in [0.15, 0.2) is 0 Å². The SMILES string of the molecule is CC(C)[C@H](NCC(F)(F)F)C(=O)Nc1ccc(CCN(C)C)cc1. The number of carbonyl (C=O) groups excluding carboxylic acids is 1. The first-order valence-electron chi connectivity index (χ1n) is 7.93. The Kier molecular flexibility index (Phi) is 7.69. The Morgan fingerprint density at radius 2 is 1.75 bits per heavy atom. The van der Waals surface area contributed by atoms with E-state index in [0.717, 1.165) is 18.5 Å². The van der Waals surface area contributed by atoms with E-state index in [1.807, 2.05) is 26.2 Å². The van der Waals surface area contributed by atoms with Crippen LogP contribution in [0.15, 0.2) is 24.3 Å². The number of alkyl halides is 3. The van der Waals surface area contributed by atoms with Crippen molar-refractivity contribution < 1.29 is 18.0 Å². The van der Waals surface area contributed by atoms with Gasteiger partial charge in [0, 0.05) is 12.2 Å². The number of carbonyl (C=O) groups is 1. The molecule has 0 spiro atoms. The topological polar surface area (TPSA) is 44.4 Å². The number of nitrogens with one attached hydrogen (secondary N) is 2. The van der Waals surface area contributed by atoms with Crippen LogP contribution < -0.4 is 10.6 Å². The van der Waals surface area contributed by atoms with Gasteiger partial charge in [-0.25, -0.2) is 0 Å². The molecule has 2 N–H and O–H groups in total. The van der Waals surface area contributed by atoms with Gasteiger partial charge in [-0.1, -0.05) is 26.0 Å². The molecule has 0 aliphatic carbocycles. The lowest BCUT2D eigenvalue weighted by Gasteiger charge is -2.22. The molecule has 1 atom stereocenters. The van der Waals surface area contributed by atoms with Crippen molar-refractivity contribution in [3.8, 4) is 0 Å². The molecule has 0 radical (unpaired) electrons. The molecule has 0 aromatic heterocycles. The second-order valence-electron chi connectivity index (χ2n) is 6.46. The number of nitrogens with zero attached hydrogens (tertiary/aromatic N) is 1. The minimum Gasteiger partial charge on any atom is -0.325 e. The van der Waals surface area contributed by atoms with Crippen LogP contribution in [0.4, 0.5) is 18.9 Å². The van der Waals surface area contributed by atoms with Gasteiger partial charge >= 0.3 is 6.18 Å². The Balaban J connectivity index is 2.63. The molecule has 0 aliphatic heterocycles. The van der Waals surface area contributed by atoms with E-state index in [9.17, 15) is 18.0 Å². The average molecular weight is 345 g/mol. The summed E-state index contributed by atoms with van der Waals surface area (Å²) in [7, 11) is 3.99. The second-order valence-corrected chi connectivity index (χ2v) is 6.46. The van der Waals surface area contributed by atoms with E-state index >= 15 is 0 Å². The maximum Gasteiger partial charge on any atom is 0.401 e. The van der Waals surface area contributed by atoms with E-state index in [0.29, 0.717) is 5.69 Å². The van der Waals surface area contributed by atoms with Crippen molar-refractivity contribution in [3.63, 3.8) is 0 Å². The third-order valence-electron chi connectivity index (χ3n) is 3.54. The van der Waals surface area contributed by atoms with Crippen molar-refractivity contribution in [3.05, 3.63) is 29.8 Å². The van der Waals surface area contributed by atoms with E-state index in [-0.39, 0.29) is 5.92 Å². The summed E-state index contributed by atoms with van der Waals surface area (Å²) in [6.07, 6.45) is -3.45. The van der Waals surface area contributed by atoms with Crippen molar-refractivity contribution in [2.75, 3.05) is 32.5 Å². The van der Waals surface area contributed by atoms with E-state index in [2.05, 4.69) is 15.5 Å². The Hall–Kier alpha value is -1.60. The lowest BCUT2D eigenvalue weighted by molar-refractivity contribution is -0.131. The highest BCUT2D eigenvalue weighted by Gasteiger charge is 2.31. The van der Waals surface area contributed by atoms with Gasteiger partial charge in [0.05, 0.1) is 12.6 Å². The van der Waals surface area contributed by atoms with Gasteiger partial charge in [-0.2, -0.15) is 13.2 Å². The maximum atomic E-state index is 12.3. The first-order valence-corrected chi connectivity index (χ1v) is 7.93. The van der Waals surface area contributed by atoms with Crippen LogP contribution in [0.1, 0.15) is 19.4 Å². The number of hydrogen-bond acceptors (Lipinski definition) is 3. The summed E-state index contributed by atoms with van der Waals surface area (Å²) in [6.45, 7) is 3.14. The van der Waals surface area contributed by atoms with Crippen LogP contribution in [-0.4, -0.2) is 50.2 Å². The fourth-order valence-corrected chi connectivity index (χ4v) is 2.18. The number of halogens is 3. The fraction of sp³-hybridized carbons (Fsp3) is 0.588. The normalized spacial score (nSPS) is 13.4. The number of anilines is 1. The molecule has 1 aromatic rings. The van der Waals surface area contributed by atoms with Gasteiger partial charge in [0.1, 0.15) is 0 Å². The summed E-state index contributed by atoms with van der Waals surface area (Å²) < 4.78 is 37.0. The molecule has 1 aromatic carbocycles. The van der Waals surface area contributed by atoms with Gasteiger partial charge in [-0.15, -0.1) is 0 Å². The zero-order chi connectivity index (χ0) is 18.3. The van der Waals surface area contributed by atoms with Crippen LogP contribution in [0.2, 0.25) is 0 Å². The lowest BCUT2D eigenvalue weighted by Crippen LogP contribution is -2.47. The largest absolute Gasteiger partial charge is 0.401 e. The van der Waals surface area contributed by atoms with Gasteiger partial charge in [-0.05, 0) is 44.1 Å². The zero-order valence-corrected chi connectivity index (χ0v) is 14.6. The van der Waals surface area contributed by atoms with E-state index < -0.39 is 24.7 Å². The first kappa shape index (κ1) is 20.4. The summed E-state index contributed by atoms with van der Waals surface area (Å²) in [5.74, 6) is -0.720. The minimum absolute atomic E-state index is 0.258. The molecule has 0 aliphatic rings. The Morgan fingerprint density at radius 1 is 1.17 bits per heavy atom. The fourth-order valence-electron chi connectivity index (χ4n) is 2.18. The maximum absolute atomic E-state index is 12.3. The molecule has 24 heavy (non-hydrogen) atoms. The molecule has 0 saturated carbocycles. The Labute approximate surface area is 141 Å². The lowest BCUT2D eigenvalue weighted by atomic mass is 10.0. The Morgan fingerprint density at radius 3 is 2.21 bits per heavy atom. The molecular formula is C17H26F3N3O. The third kappa shape index (κ3) is 7.79. The van der Waals surface area contributed by atoms with Crippen LogP contribution >= 0.6 is 0 Å². The van der Waals surface area contributed by atoms with E-state index in [1.165, 1.54) is 0 Å². The molecule has 0 fully saturated rings. The predicted octanol–water partition coefficient (Wildman–Crippen LogP) is 2.91.